The highest BCUT2D eigenvalue weighted by Crippen LogP contribution is 2.30. The van der Waals surface area contributed by atoms with Gasteiger partial charge in [-0.2, -0.15) is 4.31 Å². The highest BCUT2D eigenvalue weighted by atomic mass is 32.2. The second kappa shape index (κ2) is 8.02. The molecule has 8 heteroatoms. The largest absolute Gasteiger partial charge is 0.302 e. The molecule has 0 spiro atoms. The Morgan fingerprint density at radius 2 is 1.92 bits per heavy atom. The number of anilines is 1. The van der Waals surface area contributed by atoms with Gasteiger partial charge in [0, 0.05) is 19.0 Å². The Kier molecular flexibility index (Phi) is 5.94. The molecule has 1 amide bonds. The average molecular weight is 396 g/mol. The molecular formula is C18H25N3O3S2. The van der Waals surface area contributed by atoms with E-state index in [9.17, 15) is 13.2 Å². The number of amides is 1. The van der Waals surface area contributed by atoms with Gasteiger partial charge in [-0.25, -0.2) is 13.4 Å². The molecule has 0 bridgehead atoms. The van der Waals surface area contributed by atoms with Crippen LogP contribution in [-0.2, 0) is 14.8 Å². The molecule has 2 heterocycles. The third-order valence-corrected chi connectivity index (χ3v) is 7.73. The molecule has 1 fully saturated rings. The van der Waals surface area contributed by atoms with Crippen molar-refractivity contribution in [1.82, 2.24) is 9.29 Å². The van der Waals surface area contributed by atoms with Crippen LogP contribution in [0.3, 0.4) is 0 Å². The van der Waals surface area contributed by atoms with Crippen LogP contribution in [0.15, 0.2) is 23.1 Å². The van der Waals surface area contributed by atoms with E-state index >= 15 is 0 Å². The van der Waals surface area contributed by atoms with E-state index in [1.54, 1.807) is 22.5 Å². The van der Waals surface area contributed by atoms with Gasteiger partial charge in [0.2, 0.25) is 15.9 Å². The van der Waals surface area contributed by atoms with E-state index in [4.69, 9.17) is 0 Å². The number of thiazole rings is 1. The van der Waals surface area contributed by atoms with Crippen molar-refractivity contribution in [3.8, 4) is 0 Å². The minimum atomic E-state index is -3.46. The van der Waals surface area contributed by atoms with Gasteiger partial charge in [-0.05, 0) is 43.9 Å². The molecule has 0 atom stereocenters. The quantitative estimate of drug-likeness (QED) is 0.806. The Bertz CT molecular complexity index is 882. The summed E-state index contributed by atoms with van der Waals surface area (Å²) in [6, 6.07) is 5.00. The number of sulfonamides is 1. The van der Waals surface area contributed by atoms with Crippen LogP contribution in [0.1, 0.15) is 46.0 Å². The topological polar surface area (TPSA) is 79.4 Å². The summed E-state index contributed by atoms with van der Waals surface area (Å²) in [4.78, 5) is 17.0. The van der Waals surface area contributed by atoms with Crippen molar-refractivity contribution in [3.63, 3.8) is 0 Å². The third-order valence-electron chi connectivity index (χ3n) is 4.90. The summed E-state index contributed by atoms with van der Waals surface area (Å²) in [5.74, 6) is -0.0627. The number of hydrogen-bond acceptors (Lipinski definition) is 5. The summed E-state index contributed by atoms with van der Waals surface area (Å²) < 4.78 is 28.0. The first-order valence-electron chi connectivity index (χ1n) is 9.17. The van der Waals surface area contributed by atoms with E-state index in [-0.39, 0.29) is 11.8 Å². The van der Waals surface area contributed by atoms with Crippen LogP contribution in [-0.4, -0.2) is 36.7 Å². The van der Waals surface area contributed by atoms with Crippen LogP contribution < -0.4 is 5.32 Å². The van der Waals surface area contributed by atoms with Gasteiger partial charge >= 0.3 is 0 Å². The van der Waals surface area contributed by atoms with Crippen LogP contribution in [0.5, 0.6) is 0 Å². The van der Waals surface area contributed by atoms with Crippen LogP contribution in [0, 0.1) is 5.92 Å². The van der Waals surface area contributed by atoms with Crippen molar-refractivity contribution in [2.75, 3.05) is 18.4 Å². The lowest BCUT2D eigenvalue weighted by atomic mass is 10.0. The molecule has 26 heavy (non-hydrogen) atoms. The Morgan fingerprint density at radius 3 is 2.58 bits per heavy atom. The Morgan fingerprint density at radius 1 is 1.23 bits per heavy atom. The zero-order valence-electron chi connectivity index (χ0n) is 15.2. The second-order valence-electron chi connectivity index (χ2n) is 6.62. The first-order chi connectivity index (χ1) is 12.5. The number of aromatic nitrogens is 1. The lowest BCUT2D eigenvalue weighted by Crippen LogP contribution is -2.35. The first kappa shape index (κ1) is 19.3. The molecule has 1 aromatic carbocycles. The molecule has 2 aromatic rings. The highest BCUT2D eigenvalue weighted by molar-refractivity contribution is 7.89. The molecular weight excluding hydrogens is 370 g/mol. The molecule has 6 nitrogen and oxygen atoms in total. The minimum absolute atomic E-state index is 0.0305. The first-order valence-corrected chi connectivity index (χ1v) is 11.4. The number of piperidine rings is 1. The van der Waals surface area contributed by atoms with Gasteiger partial charge in [-0.3, -0.25) is 4.79 Å². The molecule has 1 N–H and O–H groups in total. The van der Waals surface area contributed by atoms with Crippen LogP contribution in [0.25, 0.3) is 10.2 Å². The smallest absolute Gasteiger partial charge is 0.243 e. The number of rotatable bonds is 6. The predicted molar refractivity (Wildman–Crippen MR) is 105 cm³/mol. The maximum absolute atomic E-state index is 12.8. The van der Waals surface area contributed by atoms with E-state index in [0.29, 0.717) is 28.6 Å². The predicted octanol–water partition coefficient (Wildman–Crippen LogP) is 3.85. The van der Waals surface area contributed by atoms with Crippen molar-refractivity contribution in [2.45, 2.75) is 50.8 Å². The molecule has 0 radical (unpaired) electrons. The van der Waals surface area contributed by atoms with Crippen molar-refractivity contribution >= 4 is 42.6 Å². The zero-order valence-corrected chi connectivity index (χ0v) is 16.8. The average Bonchev–Trinajstić information content (AvgIpc) is 3.04. The minimum Gasteiger partial charge on any atom is -0.302 e. The van der Waals surface area contributed by atoms with Crippen LogP contribution in [0.2, 0.25) is 0 Å². The van der Waals surface area contributed by atoms with Gasteiger partial charge < -0.3 is 5.32 Å². The lowest BCUT2D eigenvalue weighted by molar-refractivity contribution is -0.120. The van der Waals surface area contributed by atoms with Gasteiger partial charge in [-0.15, -0.1) is 0 Å². The number of fused-ring (bicyclic) bond motifs is 1. The van der Waals surface area contributed by atoms with Crippen LogP contribution in [0.4, 0.5) is 5.13 Å². The summed E-state index contributed by atoms with van der Waals surface area (Å²) in [5.41, 5.74) is 0.701. The number of carbonyl (C=O) groups excluding carboxylic acids is 1. The molecule has 0 aliphatic carbocycles. The molecule has 1 aliphatic heterocycles. The van der Waals surface area contributed by atoms with Gasteiger partial charge in [0.05, 0.1) is 15.1 Å². The maximum atomic E-state index is 12.8. The summed E-state index contributed by atoms with van der Waals surface area (Å²) in [6.07, 6.45) is 4.47. The van der Waals surface area contributed by atoms with Gasteiger partial charge in [0.15, 0.2) is 5.13 Å². The monoisotopic (exact) mass is 395 g/mol. The number of hydrogen-bond donors (Lipinski definition) is 1. The van der Waals surface area contributed by atoms with E-state index in [1.165, 1.54) is 11.3 Å². The van der Waals surface area contributed by atoms with E-state index in [1.807, 2.05) is 13.8 Å². The number of benzene rings is 1. The van der Waals surface area contributed by atoms with Gasteiger partial charge in [0.25, 0.3) is 0 Å². The fourth-order valence-electron chi connectivity index (χ4n) is 3.24. The standard InChI is InChI=1S/C18H25N3O3S2/c1-3-13(4-2)17(22)20-18-19-15-9-8-14(12-16(15)25-18)26(23,24)21-10-6-5-7-11-21/h8-9,12-13H,3-7,10-11H2,1-2H3,(H,19,20,22). The zero-order chi connectivity index (χ0) is 18.7. The van der Waals surface area contributed by atoms with Crippen molar-refractivity contribution in [1.29, 1.82) is 0 Å². The molecule has 142 valence electrons. The lowest BCUT2D eigenvalue weighted by Gasteiger charge is -2.25. The Hall–Kier alpha value is -1.51. The fourth-order valence-corrected chi connectivity index (χ4v) is 5.77. The number of nitrogens with zero attached hydrogens (tertiary/aromatic N) is 2. The summed E-state index contributed by atoms with van der Waals surface area (Å²) in [6.45, 7) is 5.15. The normalized spacial score (nSPS) is 16.3. The Labute approximate surface area is 158 Å². The highest BCUT2D eigenvalue weighted by Gasteiger charge is 2.26. The summed E-state index contributed by atoms with van der Waals surface area (Å²) in [5, 5.41) is 3.38. The summed E-state index contributed by atoms with van der Waals surface area (Å²) >= 11 is 1.31. The van der Waals surface area contributed by atoms with Gasteiger partial charge in [-0.1, -0.05) is 31.6 Å². The molecule has 1 saturated heterocycles. The Balaban J connectivity index is 1.84. The van der Waals surface area contributed by atoms with Crippen LogP contribution >= 0.6 is 11.3 Å². The second-order valence-corrected chi connectivity index (χ2v) is 9.58. The SMILES string of the molecule is CCC(CC)C(=O)Nc1nc2ccc(S(=O)(=O)N3CCCCC3)cc2s1. The van der Waals surface area contributed by atoms with Crippen molar-refractivity contribution in [3.05, 3.63) is 18.2 Å². The third kappa shape index (κ3) is 3.92. The molecule has 0 saturated carbocycles. The number of nitrogens with one attached hydrogen (secondary N) is 1. The fraction of sp³-hybridized carbons (Fsp3) is 0.556. The van der Waals surface area contributed by atoms with E-state index < -0.39 is 10.0 Å². The van der Waals surface area contributed by atoms with E-state index in [0.717, 1.165) is 36.8 Å². The van der Waals surface area contributed by atoms with Crippen molar-refractivity contribution < 1.29 is 13.2 Å². The maximum Gasteiger partial charge on any atom is 0.243 e. The van der Waals surface area contributed by atoms with E-state index in [2.05, 4.69) is 10.3 Å². The van der Waals surface area contributed by atoms with Gasteiger partial charge in [0.1, 0.15) is 0 Å². The molecule has 1 aromatic heterocycles. The molecule has 3 rings (SSSR count). The molecule has 1 aliphatic rings. The summed E-state index contributed by atoms with van der Waals surface area (Å²) in [7, 11) is -3.46. The molecule has 0 unspecified atom stereocenters. The number of carbonyl (C=O) groups is 1. The van der Waals surface area contributed by atoms with Crippen molar-refractivity contribution in [2.24, 2.45) is 5.92 Å².